The van der Waals surface area contributed by atoms with Gasteiger partial charge in [0, 0.05) is 31.5 Å². The standard InChI is InChI=1S/C23H23FN6O2/c24-18-3-1-2-4-19(18)27-22(32)28-13-8-23(9-14-28)15-21(31)29(20-7-12-26-30(20)23)16-17-5-10-25-11-6-17/h1-7,10-12H,8-9,13-16H2,(H,27,32). The SMILES string of the molecule is O=C(Nc1ccccc1F)N1CCC2(CC1)CC(=O)N(Cc1ccncc1)c1ccnn12. The first-order chi connectivity index (χ1) is 15.6. The maximum Gasteiger partial charge on any atom is 0.321 e. The molecule has 3 amide bonds. The van der Waals surface area contributed by atoms with E-state index in [9.17, 15) is 14.0 Å². The van der Waals surface area contributed by atoms with Gasteiger partial charge in [0.25, 0.3) is 0 Å². The smallest absolute Gasteiger partial charge is 0.321 e. The van der Waals surface area contributed by atoms with Gasteiger partial charge in [-0.25, -0.2) is 13.9 Å². The molecule has 5 rings (SSSR count). The number of carbonyl (C=O) groups is 2. The molecule has 2 aliphatic rings. The van der Waals surface area contributed by atoms with Crippen molar-refractivity contribution in [2.75, 3.05) is 23.3 Å². The van der Waals surface area contributed by atoms with Gasteiger partial charge in [0.15, 0.2) is 0 Å². The fraction of sp³-hybridized carbons (Fsp3) is 0.304. The largest absolute Gasteiger partial charge is 0.324 e. The van der Waals surface area contributed by atoms with E-state index in [-0.39, 0.29) is 17.6 Å². The van der Waals surface area contributed by atoms with Crippen LogP contribution >= 0.6 is 0 Å². The number of hydrogen-bond acceptors (Lipinski definition) is 4. The number of fused-ring (bicyclic) bond motifs is 2. The minimum Gasteiger partial charge on any atom is -0.324 e. The normalized spacial score (nSPS) is 17.3. The second-order valence-corrected chi connectivity index (χ2v) is 8.23. The highest BCUT2D eigenvalue weighted by Gasteiger charge is 2.46. The second-order valence-electron chi connectivity index (χ2n) is 8.23. The van der Waals surface area contributed by atoms with Crippen molar-refractivity contribution in [3.05, 3.63) is 72.4 Å². The molecule has 1 saturated heterocycles. The van der Waals surface area contributed by atoms with Crippen LogP contribution in [0.25, 0.3) is 0 Å². The van der Waals surface area contributed by atoms with Crippen LogP contribution in [-0.2, 0) is 16.9 Å². The molecule has 0 radical (unpaired) electrons. The monoisotopic (exact) mass is 434 g/mol. The summed E-state index contributed by atoms with van der Waals surface area (Å²) >= 11 is 0. The first-order valence-corrected chi connectivity index (χ1v) is 10.6. The van der Waals surface area contributed by atoms with Crippen molar-refractivity contribution in [2.45, 2.75) is 31.3 Å². The number of anilines is 2. The van der Waals surface area contributed by atoms with Gasteiger partial charge in [-0.1, -0.05) is 12.1 Å². The Morgan fingerprint density at radius 2 is 1.81 bits per heavy atom. The Kier molecular flexibility index (Phi) is 5.08. The Balaban J connectivity index is 1.31. The van der Waals surface area contributed by atoms with Crippen LogP contribution in [0.4, 0.5) is 20.7 Å². The summed E-state index contributed by atoms with van der Waals surface area (Å²) in [5.41, 5.74) is 0.697. The molecule has 32 heavy (non-hydrogen) atoms. The Labute approximate surface area is 184 Å². The number of para-hydroxylation sites is 1. The number of carbonyl (C=O) groups excluding carboxylic acids is 2. The summed E-state index contributed by atoms with van der Waals surface area (Å²) in [6.07, 6.45) is 6.67. The molecule has 2 aromatic heterocycles. The third kappa shape index (κ3) is 3.59. The minimum absolute atomic E-state index is 0.0408. The van der Waals surface area contributed by atoms with E-state index in [1.165, 1.54) is 12.1 Å². The van der Waals surface area contributed by atoms with E-state index in [2.05, 4.69) is 15.4 Å². The Hall–Kier alpha value is -3.75. The van der Waals surface area contributed by atoms with Crippen molar-refractivity contribution < 1.29 is 14.0 Å². The van der Waals surface area contributed by atoms with Crippen molar-refractivity contribution in [3.63, 3.8) is 0 Å². The molecular formula is C23H23FN6O2. The summed E-state index contributed by atoms with van der Waals surface area (Å²) < 4.78 is 15.8. The average molecular weight is 434 g/mol. The maximum absolute atomic E-state index is 13.9. The van der Waals surface area contributed by atoms with E-state index in [1.807, 2.05) is 22.9 Å². The zero-order valence-electron chi connectivity index (χ0n) is 17.4. The van der Waals surface area contributed by atoms with Crippen LogP contribution in [0.15, 0.2) is 61.1 Å². The quantitative estimate of drug-likeness (QED) is 0.685. The number of halogens is 1. The van der Waals surface area contributed by atoms with E-state index >= 15 is 0 Å². The van der Waals surface area contributed by atoms with E-state index < -0.39 is 11.4 Å². The van der Waals surface area contributed by atoms with Crippen LogP contribution in [0, 0.1) is 5.82 Å². The van der Waals surface area contributed by atoms with Gasteiger partial charge in [-0.2, -0.15) is 5.10 Å². The molecule has 8 nitrogen and oxygen atoms in total. The number of rotatable bonds is 3. The number of piperidine rings is 1. The van der Waals surface area contributed by atoms with Gasteiger partial charge in [0.1, 0.15) is 11.6 Å². The van der Waals surface area contributed by atoms with Gasteiger partial charge in [0.2, 0.25) is 5.91 Å². The van der Waals surface area contributed by atoms with Crippen LogP contribution in [0.2, 0.25) is 0 Å². The second kappa shape index (κ2) is 8.07. The van der Waals surface area contributed by atoms with Crippen LogP contribution in [0.1, 0.15) is 24.8 Å². The zero-order valence-corrected chi connectivity index (χ0v) is 17.4. The summed E-state index contributed by atoms with van der Waals surface area (Å²) in [5, 5.41) is 7.19. The van der Waals surface area contributed by atoms with Gasteiger partial charge in [-0.05, 0) is 42.7 Å². The minimum atomic E-state index is -0.470. The number of pyridine rings is 1. The summed E-state index contributed by atoms with van der Waals surface area (Å²) in [4.78, 5) is 33.3. The highest BCUT2D eigenvalue weighted by atomic mass is 19.1. The van der Waals surface area contributed by atoms with Crippen LogP contribution in [0.5, 0.6) is 0 Å². The fourth-order valence-electron chi connectivity index (χ4n) is 4.56. The fourth-order valence-corrected chi connectivity index (χ4v) is 4.56. The molecule has 1 N–H and O–H groups in total. The number of aromatic nitrogens is 3. The van der Waals surface area contributed by atoms with E-state index in [0.29, 0.717) is 38.9 Å². The first kappa shape index (κ1) is 20.2. The lowest BCUT2D eigenvalue weighted by molar-refractivity contribution is -0.123. The predicted molar refractivity (Wildman–Crippen MR) is 116 cm³/mol. The lowest BCUT2D eigenvalue weighted by atomic mass is 9.82. The molecule has 1 fully saturated rings. The van der Waals surface area contributed by atoms with Gasteiger partial charge in [-0.15, -0.1) is 0 Å². The van der Waals surface area contributed by atoms with Crippen LogP contribution in [0.3, 0.4) is 0 Å². The lowest BCUT2D eigenvalue weighted by Gasteiger charge is -2.46. The number of amides is 3. The van der Waals surface area contributed by atoms with Crippen molar-refractivity contribution >= 4 is 23.4 Å². The number of hydrogen-bond donors (Lipinski definition) is 1. The van der Waals surface area contributed by atoms with Gasteiger partial charge in [-0.3, -0.25) is 14.7 Å². The van der Waals surface area contributed by atoms with Crippen LogP contribution < -0.4 is 10.2 Å². The molecule has 9 heteroatoms. The molecule has 2 aliphatic heterocycles. The van der Waals surface area contributed by atoms with Crippen molar-refractivity contribution in [1.29, 1.82) is 0 Å². The molecule has 164 valence electrons. The van der Waals surface area contributed by atoms with E-state index in [0.717, 1.165) is 11.4 Å². The summed E-state index contributed by atoms with van der Waals surface area (Å²) in [5.74, 6) is 0.337. The zero-order chi connectivity index (χ0) is 22.1. The summed E-state index contributed by atoms with van der Waals surface area (Å²) in [6.45, 7) is 1.37. The molecule has 0 unspecified atom stereocenters. The molecule has 0 aliphatic carbocycles. The van der Waals surface area contributed by atoms with Gasteiger partial charge >= 0.3 is 6.03 Å². The Bertz CT molecular complexity index is 1140. The molecular weight excluding hydrogens is 411 g/mol. The Morgan fingerprint density at radius 1 is 1.06 bits per heavy atom. The van der Waals surface area contributed by atoms with E-state index in [4.69, 9.17) is 0 Å². The number of nitrogens with zero attached hydrogens (tertiary/aromatic N) is 5. The highest BCUT2D eigenvalue weighted by molar-refractivity contribution is 5.94. The number of nitrogens with one attached hydrogen (secondary N) is 1. The van der Waals surface area contributed by atoms with Gasteiger partial charge in [0.05, 0.1) is 30.4 Å². The van der Waals surface area contributed by atoms with E-state index in [1.54, 1.807) is 40.5 Å². The third-order valence-corrected chi connectivity index (χ3v) is 6.32. The Morgan fingerprint density at radius 3 is 2.56 bits per heavy atom. The van der Waals surface area contributed by atoms with Crippen molar-refractivity contribution in [2.24, 2.45) is 0 Å². The van der Waals surface area contributed by atoms with Gasteiger partial charge < -0.3 is 10.2 Å². The molecule has 1 spiro atoms. The predicted octanol–water partition coefficient (Wildman–Crippen LogP) is 3.38. The average Bonchev–Trinajstić information content (AvgIpc) is 3.30. The molecule has 1 aromatic carbocycles. The maximum atomic E-state index is 13.9. The number of benzene rings is 1. The number of urea groups is 1. The molecule has 0 saturated carbocycles. The summed E-state index contributed by atoms with van der Waals surface area (Å²) in [7, 11) is 0. The highest BCUT2D eigenvalue weighted by Crippen LogP contribution is 2.41. The lowest BCUT2D eigenvalue weighted by Crippen LogP contribution is -2.55. The molecule has 4 heterocycles. The molecule has 0 atom stereocenters. The third-order valence-electron chi connectivity index (χ3n) is 6.32. The van der Waals surface area contributed by atoms with Crippen LogP contribution in [-0.4, -0.2) is 44.7 Å². The molecule has 0 bridgehead atoms. The summed E-state index contributed by atoms with van der Waals surface area (Å²) in [6, 6.07) is 11.4. The first-order valence-electron chi connectivity index (χ1n) is 10.6. The topological polar surface area (TPSA) is 83.4 Å². The van der Waals surface area contributed by atoms with Crippen molar-refractivity contribution in [3.8, 4) is 0 Å². The number of likely N-dealkylation sites (tertiary alicyclic amines) is 1. The molecule has 3 aromatic rings. The van der Waals surface area contributed by atoms with Crippen molar-refractivity contribution in [1.82, 2.24) is 19.7 Å².